The zero-order chi connectivity index (χ0) is 13.9. The van der Waals surface area contributed by atoms with Crippen molar-refractivity contribution in [1.29, 1.82) is 0 Å². The number of aliphatic hydroxyl groups excluding tert-OH is 6. The number of rotatable bonds is 5. The van der Waals surface area contributed by atoms with Crippen molar-refractivity contribution >= 4 is 0 Å². The molecule has 0 amide bonds. The summed E-state index contributed by atoms with van der Waals surface area (Å²) in [5.41, 5.74) is -1.94. The van der Waals surface area contributed by atoms with Gasteiger partial charge in [-0.25, -0.2) is 0 Å². The van der Waals surface area contributed by atoms with Gasteiger partial charge in [0, 0.05) is 6.04 Å². The van der Waals surface area contributed by atoms with Crippen LogP contribution in [0.4, 0.5) is 0 Å². The van der Waals surface area contributed by atoms with Gasteiger partial charge in [-0.05, 0) is 6.42 Å². The molecule has 0 aliphatic heterocycles. The van der Waals surface area contributed by atoms with Crippen LogP contribution in [0.15, 0.2) is 0 Å². The highest BCUT2D eigenvalue weighted by atomic mass is 16.4. The fourth-order valence-corrected chi connectivity index (χ4v) is 2.15. The van der Waals surface area contributed by atoms with E-state index in [4.69, 9.17) is 15.3 Å². The van der Waals surface area contributed by atoms with E-state index in [1.165, 1.54) is 0 Å². The first-order chi connectivity index (χ1) is 8.39. The molecule has 5 atom stereocenters. The van der Waals surface area contributed by atoms with E-state index in [2.05, 4.69) is 5.32 Å². The molecular formula is C10H21NO7. The van der Waals surface area contributed by atoms with E-state index in [0.717, 1.165) is 0 Å². The van der Waals surface area contributed by atoms with E-state index in [-0.39, 0.29) is 6.42 Å². The number of hydrogen-bond acceptors (Lipinski definition) is 8. The molecule has 0 saturated heterocycles. The highest BCUT2D eigenvalue weighted by Crippen LogP contribution is 2.29. The third-order valence-electron chi connectivity index (χ3n) is 3.37. The fourth-order valence-electron chi connectivity index (χ4n) is 2.15. The second-order valence-electron chi connectivity index (χ2n) is 4.73. The minimum absolute atomic E-state index is 0.223. The maximum Gasteiger partial charge on any atom is 0.118 e. The van der Waals surface area contributed by atoms with Crippen LogP contribution in [-0.2, 0) is 0 Å². The minimum atomic E-state index is -1.94. The van der Waals surface area contributed by atoms with Crippen molar-refractivity contribution in [1.82, 2.24) is 5.32 Å². The van der Waals surface area contributed by atoms with Crippen molar-refractivity contribution in [3.8, 4) is 0 Å². The van der Waals surface area contributed by atoms with E-state index >= 15 is 0 Å². The topological polar surface area (TPSA) is 154 Å². The second-order valence-corrected chi connectivity index (χ2v) is 4.73. The molecule has 1 fully saturated rings. The van der Waals surface area contributed by atoms with Gasteiger partial charge in [-0.3, -0.25) is 0 Å². The normalized spacial score (nSPS) is 41.3. The lowest BCUT2D eigenvalue weighted by atomic mass is 9.76. The van der Waals surface area contributed by atoms with Crippen LogP contribution in [0.25, 0.3) is 0 Å². The van der Waals surface area contributed by atoms with Crippen LogP contribution in [0.1, 0.15) is 6.42 Å². The highest BCUT2D eigenvalue weighted by molar-refractivity contribution is 5.05. The molecule has 0 aromatic carbocycles. The third kappa shape index (κ3) is 2.98. The molecule has 0 aromatic rings. The molecule has 1 rings (SSSR count). The lowest BCUT2D eigenvalue weighted by Crippen LogP contribution is -2.68. The van der Waals surface area contributed by atoms with Crippen LogP contribution in [0.3, 0.4) is 0 Å². The third-order valence-corrected chi connectivity index (χ3v) is 3.37. The van der Waals surface area contributed by atoms with Crippen molar-refractivity contribution in [2.24, 2.45) is 0 Å². The molecule has 0 bridgehead atoms. The Morgan fingerprint density at radius 1 is 1.06 bits per heavy atom. The molecule has 8 heteroatoms. The van der Waals surface area contributed by atoms with E-state index in [1.54, 1.807) is 0 Å². The maximum absolute atomic E-state index is 9.93. The summed E-state index contributed by atoms with van der Waals surface area (Å²) in [7, 11) is 0. The lowest BCUT2D eigenvalue weighted by molar-refractivity contribution is -0.207. The average Bonchev–Trinajstić information content (AvgIpc) is 2.39. The van der Waals surface area contributed by atoms with Crippen LogP contribution in [0.2, 0.25) is 0 Å². The molecule has 0 radical (unpaired) electrons. The Balaban J connectivity index is 2.79. The van der Waals surface area contributed by atoms with Gasteiger partial charge in [0.25, 0.3) is 0 Å². The SMILES string of the molecule is OCC(CO)N[C@H]1C[C@](O)(CO)[C@@H](O)[C@H](O)C1O. The summed E-state index contributed by atoms with van der Waals surface area (Å²) >= 11 is 0. The Labute approximate surface area is 104 Å². The van der Waals surface area contributed by atoms with E-state index < -0.39 is 55.8 Å². The molecule has 0 heterocycles. The highest BCUT2D eigenvalue weighted by Gasteiger charge is 2.51. The zero-order valence-electron chi connectivity index (χ0n) is 9.85. The van der Waals surface area contributed by atoms with Crippen molar-refractivity contribution in [2.45, 2.75) is 42.4 Å². The predicted octanol–water partition coefficient (Wildman–Crippen LogP) is -4.49. The van der Waals surface area contributed by atoms with Crippen molar-refractivity contribution in [3.63, 3.8) is 0 Å². The van der Waals surface area contributed by atoms with E-state index in [1.807, 2.05) is 0 Å². The molecule has 0 aromatic heterocycles. The van der Waals surface area contributed by atoms with E-state index in [0.29, 0.717) is 0 Å². The van der Waals surface area contributed by atoms with Crippen molar-refractivity contribution in [3.05, 3.63) is 0 Å². The van der Waals surface area contributed by atoms with E-state index in [9.17, 15) is 20.4 Å². The number of aliphatic hydroxyl groups is 7. The van der Waals surface area contributed by atoms with Crippen LogP contribution in [0, 0.1) is 0 Å². The van der Waals surface area contributed by atoms with Crippen molar-refractivity contribution in [2.75, 3.05) is 19.8 Å². The first-order valence-electron chi connectivity index (χ1n) is 5.74. The summed E-state index contributed by atoms with van der Waals surface area (Å²) in [5.74, 6) is 0. The maximum atomic E-state index is 9.93. The first kappa shape index (κ1) is 15.7. The summed E-state index contributed by atoms with van der Waals surface area (Å²) in [6, 6.07) is -1.60. The van der Waals surface area contributed by atoms with Gasteiger partial charge in [-0.1, -0.05) is 0 Å². The summed E-state index contributed by atoms with van der Waals surface area (Å²) in [5, 5.41) is 68.4. The number of hydrogen-bond donors (Lipinski definition) is 8. The van der Waals surface area contributed by atoms with Gasteiger partial charge in [0.2, 0.25) is 0 Å². The van der Waals surface area contributed by atoms with Crippen LogP contribution in [-0.4, -0.2) is 91.6 Å². The molecule has 1 unspecified atom stereocenters. The van der Waals surface area contributed by atoms with Gasteiger partial charge < -0.3 is 41.1 Å². The second kappa shape index (κ2) is 6.22. The summed E-state index contributed by atoms with van der Waals surface area (Å²) in [4.78, 5) is 0. The quantitative estimate of drug-likeness (QED) is 0.248. The molecule has 108 valence electrons. The smallest absolute Gasteiger partial charge is 0.118 e. The standard InChI is InChI=1S/C10H21NO7/c12-2-5(3-13)11-6-1-10(18,4-14)9(17)8(16)7(6)15/h5-9,11-18H,1-4H2/t6-,7?,8+,9-,10-/m0/s1. The fraction of sp³-hybridized carbons (Fsp3) is 1.00. The summed E-state index contributed by atoms with van der Waals surface area (Å²) in [6.07, 6.45) is -4.91. The molecule has 1 aliphatic carbocycles. The monoisotopic (exact) mass is 267 g/mol. The van der Waals surface area contributed by atoms with Crippen molar-refractivity contribution < 1.29 is 35.7 Å². The van der Waals surface area contributed by atoms with Gasteiger partial charge in [0.15, 0.2) is 0 Å². The van der Waals surface area contributed by atoms with Crippen LogP contribution < -0.4 is 5.32 Å². The average molecular weight is 267 g/mol. The van der Waals surface area contributed by atoms with Gasteiger partial charge in [0.05, 0.1) is 32.0 Å². The molecule has 8 N–H and O–H groups in total. The Kier molecular flexibility index (Phi) is 5.44. The van der Waals surface area contributed by atoms with Gasteiger partial charge in [-0.2, -0.15) is 0 Å². The van der Waals surface area contributed by atoms with Crippen LogP contribution in [0.5, 0.6) is 0 Å². The molecular weight excluding hydrogens is 246 g/mol. The Morgan fingerprint density at radius 3 is 2.06 bits per heavy atom. The summed E-state index contributed by atoms with van der Waals surface area (Å²) < 4.78 is 0. The number of nitrogens with one attached hydrogen (secondary N) is 1. The largest absolute Gasteiger partial charge is 0.395 e. The Hall–Kier alpha value is -0.320. The van der Waals surface area contributed by atoms with Gasteiger partial charge >= 0.3 is 0 Å². The molecule has 8 nitrogen and oxygen atoms in total. The first-order valence-corrected chi connectivity index (χ1v) is 5.74. The minimum Gasteiger partial charge on any atom is -0.395 e. The Morgan fingerprint density at radius 2 is 1.61 bits per heavy atom. The molecule has 18 heavy (non-hydrogen) atoms. The summed E-state index contributed by atoms with van der Waals surface area (Å²) in [6.45, 7) is -1.56. The Bertz CT molecular complexity index is 263. The molecule has 1 saturated carbocycles. The van der Waals surface area contributed by atoms with Crippen LogP contribution >= 0.6 is 0 Å². The molecule has 1 aliphatic rings. The zero-order valence-corrected chi connectivity index (χ0v) is 9.85. The van der Waals surface area contributed by atoms with Gasteiger partial charge in [-0.15, -0.1) is 0 Å². The molecule has 0 spiro atoms. The van der Waals surface area contributed by atoms with Gasteiger partial charge in [0.1, 0.15) is 17.8 Å². The lowest BCUT2D eigenvalue weighted by Gasteiger charge is -2.46. The predicted molar refractivity (Wildman–Crippen MR) is 59.6 cm³/mol.